The topological polar surface area (TPSA) is 112 Å². The van der Waals surface area contributed by atoms with E-state index in [-0.39, 0.29) is 46.2 Å². The van der Waals surface area contributed by atoms with Crippen LogP contribution in [0.5, 0.6) is 0 Å². The van der Waals surface area contributed by atoms with Gasteiger partial charge < -0.3 is 5.11 Å². The number of hydrogen-bond acceptors (Lipinski definition) is 4. The minimum absolute atomic E-state index is 0.0278. The highest BCUT2D eigenvalue weighted by molar-refractivity contribution is 6.32. The summed E-state index contributed by atoms with van der Waals surface area (Å²) in [7, 11) is 0. The minimum Gasteiger partial charge on any atom is -0.874 e. The van der Waals surface area contributed by atoms with Gasteiger partial charge in [-0.2, -0.15) is 0 Å². The molecule has 0 spiro atoms. The molecule has 0 aromatic carbocycles. The van der Waals surface area contributed by atoms with Crippen molar-refractivity contribution in [3.05, 3.63) is 27.4 Å². The van der Waals surface area contributed by atoms with Gasteiger partial charge in [0.2, 0.25) is 0 Å². The van der Waals surface area contributed by atoms with E-state index in [1.807, 2.05) is 0 Å². The van der Waals surface area contributed by atoms with E-state index in [9.17, 15) is 19.5 Å². The molecule has 2 saturated carbocycles. The second kappa shape index (κ2) is 8.05. The van der Waals surface area contributed by atoms with E-state index in [0.29, 0.717) is 11.4 Å². The van der Waals surface area contributed by atoms with Gasteiger partial charge in [-0.15, -0.1) is 15.9 Å². The van der Waals surface area contributed by atoms with E-state index in [4.69, 9.17) is 0 Å². The van der Waals surface area contributed by atoms with E-state index in [1.54, 1.807) is 23.5 Å². The molecule has 2 atom stereocenters. The van der Waals surface area contributed by atoms with Crippen LogP contribution in [0.25, 0.3) is 5.57 Å². The number of amides is 1. The third-order valence-electron chi connectivity index (χ3n) is 7.88. The van der Waals surface area contributed by atoms with Crippen molar-refractivity contribution < 1.29 is 19.8 Å². The number of carbonyl (C=O) groups is 2. The quantitative estimate of drug-likeness (QED) is 0.710. The van der Waals surface area contributed by atoms with Crippen molar-refractivity contribution >= 4 is 23.0 Å². The fourth-order valence-electron chi connectivity index (χ4n) is 6.13. The molecule has 3 aliphatic carbocycles. The van der Waals surface area contributed by atoms with Gasteiger partial charge in [0.05, 0.1) is 23.6 Å². The maximum absolute atomic E-state index is 13.2. The van der Waals surface area contributed by atoms with Crippen molar-refractivity contribution in [2.24, 2.45) is 11.8 Å². The van der Waals surface area contributed by atoms with Crippen LogP contribution < -0.4 is 15.8 Å². The molecule has 0 saturated heterocycles. The van der Waals surface area contributed by atoms with Gasteiger partial charge in [-0.1, -0.05) is 38.5 Å². The molecule has 172 valence electrons. The number of hydrazine groups is 1. The zero-order valence-electron chi connectivity index (χ0n) is 18.9. The average molecular weight is 441 g/mol. The van der Waals surface area contributed by atoms with Crippen LogP contribution in [-0.4, -0.2) is 38.2 Å². The number of hydrazone groups is 1. The summed E-state index contributed by atoms with van der Waals surface area (Å²) in [5.74, 6) is -2.74. The van der Waals surface area contributed by atoms with E-state index in [1.165, 1.54) is 12.8 Å². The van der Waals surface area contributed by atoms with Crippen LogP contribution in [0.4, 0.5) is 0 Å². The molecular weight excluding hydrogens is 408 g/mol. The summed E-state index contributed by atoms with van der Waals surface area (Å²) in [6.45, 7) is 3.52. The number of nitrogens with zero attached hydrogens (tertiary/aromatic N) is 2. The Morgan fingerprint density at radius 1 is 0.875 bits per heavy atom. The monoisotopic (exact) mass is 440 g/mol. The van der Waals surface area contributed by atoms with Crippen molar-refractivity contribution in [2.75, 3.05) is 0 Å². The first-order valence-electron chi connectivity index (χ1n) is 12.1. The van der Waals surface area contributed by atoms with E-state index in [0.717, 1.165) is 51.4 Å². The molecule has 0 bridgehead atoms. The Kier molecular flexibility index (Phi) is 5.34. The average Bonchev–Trinajstić information content (AvgIpc) is 3.26. The lowest BCUT2D eigenvalue weighted by molar-refractivity contribution is -0.626. The summed E-state index contributed by atoms with van der Waals surface area (Å²) in [6.07, 6.45) is 10.4. The van der Waals surface area contributed by atoms with Gasteiger partial charge in [0.1, 0.15) is 5.92 Å². The number of carbonyl (C=O) groups excluding carboxylic acids is 2. The number of aryl methyl sites for hydroxylation is 1. The molecule has 8 nitrogen and oxygen atoms in total. The van der Waals surface area contributed by atoms with Crippen molar-refractivity contribution in [1.29, 1.82) is 0 Å². The normalized spacial score (nSPS) is 27.8. The molecule has 32 heavy (non-hydrogen) atoms. The first-order valence-corrected chi connectivity index (χ1v) is 12.1. The molecular formula is C24H32N4O4. The van der Waals surface area contributed by atoms with Crippen molar-refractivity contribution in [1.82, 2.24) is 14.8 Å². The summed E-state index contributed by atoms with van der Waals surface area (Å²) in [5, 5.41) is 21.1. The number of H-pyrrole nitrogens is 1. The zero-order valence-corrected chi connectivity index (χ0v) is 18.9. The Balaban J connectivity index is 1.42. The summed E-state index contributed by atoms with van der Waals surface area (Å²) in [5.41, 5.74) is 1.08. The Morgan fingerprint density at radius 2 is 1.47 bits per heavy atom. The summed E-state index contributed by atoms with van der Waals surface area (Å²) >= 11 is 0. The SMILES string of the molecule is CC1=[NH+]N(C2CCCCC2)C(=O)C1C1C(=O)C(c2c(C)[nH]n(C3CCCCC3)c2=O)=C1[O-]. The Labute approximate surface area is 187 Å². The molecule has 4 aliphatic rings. The van der Waals surface area contributed by atoms with Gasteiger partial charge in [-0.3, -0.25) is 19.5 Å². The minimum atomic E-state index is -1.02. The van der Waals surface area contributed by atoms with E-state index >= 15 is 0 Å². The number of ketones is 1. The summed E-state index contributed by atoms with van der Waals surface area (Å²) in [6, 6.07) is 0.199. The molecule has 2 unspecified atom stereocenters. The second-order valence-electron chi connectivity index (χ2n) is 9.93. The maximum atomic E-state index is 13.2. The molecule has 1 aromatic heterocycles. The number of aromatic amines is 1. The Bertz CT molecular complexity index is 1070. The number of hydrogen-bond donors (Lipinski definition) is 2. The fraction of sp³-hybridized carbons (Fsp3) is 0.667. The van der Waals surface area contributed by atoms with Crippen LogP contribution >= 0.6 is 0 Å². The number of nitrogens with one attached hydrogen (secondary N) is 2. The van der Waals surface area contributed by atoms with E-state index in [2.05, 4.69) is 10.2 Å². The highest BCUT2D eigenvalue weighted by Crippen LogP contribution is 2.41. The first kappa shape index (κ1) is 21.2. The molecule has 1 aromatic rings. The highest BCUT2D eigenvalue weighted by atomic mass is 16.3. The second-order valence-corrected chi connectivity index (χ2v) is 9.93. The lowest BCUT2D eigenvalue weighted by Gasteiger charge is -2.38. The predicted molar refractivity (Wildman–Crippen MR) is 116 cm³/mol. The van der Waals surface area contributed by atoms with Crippen LogP contribution in [-0.2, 0) is 9.59 Å². The van der Waals surface area contributed by atoms with Gasteiger partial charge in [0, 0.05) is 18.2 Å². The fourth-order valence-corrected chi connectivity index (χ4v) is 6.13. The van der Waals surface area contributed by atoms with Crippen molar-refractivity contribution in [2.45, 2.75) is 90.1 Å². The Hall–Kier alpha value is -2.64. The van der Waals surface area contributed by atoms with Gasteiger partial charge in [0.15, 0.2) is 11.5 Å². The van der Waals surface area contributed by atoms with Crippen LogP contribution in [0, 0.1) is 18.8 Å². The van der Waals surface area contributed by atoms with Crippen LogP contribution in [0.1, 0.15) is 88.4 Å². The molecule has 8 heteroatoms. The third kappa shape index (κ3) is 3.18. The molecule has 1 aliphatic heterocycles. The van der Waals surface area contributed by atoms with Crippen LogP contribution in [0.15, 0.2) is 10.6 Å². The number of Topliss-reactive ketones (excluding diaryl/α,β-unsaturated/α-hetero) is 1. The summed E-state index contributed by atoms with van der Waals surface area (Å²) in [4.78, 5) is 39.5. The number of allylic oxidation sites excluding steroid dienone is 2. The smallest absolute Gasteiger partial charge is 0.291 e. The molecule has 2 heterocycles. The molecule has 1 amide bonds. The lowest BCUT2D eigenvalue weighted by atomic mass is 9.70. The zero-order chi connectivity index (χ0) is 22.6. The predicted octanol–water partition coefficient (Wildman–Crippen LogP) is 0.508. The standard InChI is InChI=1S/C24H32N4O4/c1-13-17(23(31)27(25-13)15-9-5-3-6-10-15)19-21(29)20(22(19)30)18-14(2)26-28(24(18)32)16-11-7-4-8-12-16/h15-17,19,26,29H,3-12H2,1-2H3. The largest absolute Gasteiger partial charge is 0.874 e. The summed E-state index contributed by atoms with van der Waals surface area (Å²) < 4.78 is 1.61. The Morgan fingerprint density at radius 3 is 2.06 bits per heavy atom. The van der Waals surface area contributed by atoms with Gasteiger partial charge in [-0.05, 0) is 32.6 Å². The van der Waals surface area contributed by atoms with Gasteiger partial charge in [0.25, 0.3) is 11.5 Å². The number of rotatable bonds is 4. The van der Waals surface area contributed by atoms with Crippen molar-refractivity contribution in [3.8, 4) is 0 Å². The van der Waals surface area contributed by atoms with Crippen LogP contribution in [0.3, 0.4) is 0 Å². The molecule has 0 radical (unpaired) electrons. The highest BCUT2D eigenvalue weighted by Gasteiger charge is 2.53. The first-order chi connectivity index (χ1) is 15.4. The number of aromatic nitrogens is 2. The molecule has 2 N–H and O–H groups in total. The van der Waals surface area contributed by atoms with Gasteiger partial charge in [-0.25, -0.2) is 4.68 Å². The van der Waals surface area contributed by atoms with Crippen molar-refractivity contribution in [3.63, 3.8) is 0 Å². The third-order valence-corrected chi connectivity index (χ3v) is 7.88. The van der Waals surface area contributed by atoms with E-state index < -0.39 is 11.8 Å². The van der Waals surface area contributed by atoms with Gasteiger partial charge >= 0.3 is 0 Å². The van der Waals surface area contributed by atoms with Crippen LogP contribution in [0.2, 0.25) is 0 Å². The maximum Gasteiger partial charge on any atom is 0.291 e. The molecule has 5 rings (SSSR count). The molecule has 2 fully saturated rings. The lowest BCUT2D eigenvalue weighted by Crippen LogP contribution is -2.83.